The summed E-state index contributed by atoms with van der Waals surface area (Å²) in [6.07, 6.45) is 0. The summed E-state index contributed by atoms with van der Waals surface area (Å²) >= 11 is 9.06. The minimum Gasteiger partial charge on any atom is -0.482 e. The Bertz CT molecular complexity index is 605. The number of nitro groups is 1. The number of halogens is 2. The Hall–Kier alpha value is -1.59. The molecule has 0 aliphatic rings. The van der Waals surface area contributed by atoms with Crippen molar-refractivity contribution in [3.8, 4) is 5.75 Å². The van der Waals surface area contributed by atoms with E-state index in [0.717, 1.165) is 5.56 Å². The van der Waals surface area contributed by atoms with Gasteiger partial charge >= 0.3 is 5.69 Å². The Morgan fingerprint density at radius 3 is 2.43 bits per heavy atom. The molecule has 0 atom stereocenters. The molecule has 0 saturated carbocycles. The Morgan fingerprint density at radius 1 is 1.24 bits per heavy atom. The quantitative estimate of drug-likeness (QED) is 0.517. The zero-order chi connectivity index (χ0) is 15.8. The van der Waals surface area contributed by atoms with Gasteiger partial charge in [0, 0.05) is 16.6 Å². The van der Waals surface area contributed by atoms with Gasteiger partial charge in [0.05, 0.1) is 9.95 Å². The highest BCUT2D eigenvalue weighted by molar-refractivity contribution is 9.10. The Labute approximate surface area is 137 Å². The first kappa shape index (κ1) is 17.5. The van der Waals surface area contributed by atoms with Crippen LogP contribution >= 0.6 is 27.5 Å². The largest absolute Gasteiger partial charge is 0.482 e. The molecule has 2 rings (SSSR count). The van der Waals surface area contributed by atoms with Crippen LogP contribution in [-0.2, 0) is 6.61 Å². The zero-order valence-corrected chi connectivity index (χ0v) is 14.0. The van der Waals surface area contributed by atoms with Crippen LogP contribution in [0.2, 0.25) is 5.02 Å². The zero-order valence-electron chi connectivity index (χ0n) is 11.7. The lowest BCUT2D eigenvalue weighted by Crippen LogP contribution is -1.99. The second-order valence-corrected chi connectivity index (χ2v) is 5.03. The molecule has 6 heteroatoms. The van der Waals surface area contributed by atoms with Gasteiger partial charge in [0.25, 0.3) is 0 Å². The van der Waals surface area contributed by atoms with Crippen molar-refractivity contribution >= 4 is 33.2 Å². The molecule has 0 amide bonds. The SMILES string of the molecule is CC.O=[N+]([O-])c1cc(Cl)c(Br)cc1OCc1ccccc1. The van der Waals surface area contributed by atoms with E-state index in [1.165, 1.54) is 12.1 Å². The van der Waals surface area contributed by atoms with Gasteiger partial charge in [-0.25, -0.2) is 0 Å². The summed E-state index contributed by atoms with van der Waals surface area (Å²) in [7, 11) is 0. The number of rotatable bonds is 4. The third-order valence-corrected chi connectivity index (χ3v) is 3.63. The minimum atomic E-state index is -0.515. The molecule has 0 aromatic heterocycles. The van der Waals surface area contributed by atoms with Crippen molar-refractivity contribution in [3.63, 3.8) is 0 Å². The van der Waals surface area contributed by atoms with Crippen LogP contribution in [-0.4, -0.2) is 4.92 Å². The van der Waals surface area contributed by atoms with Crippen molar-refractivity contribution in [3.05, 3.63) is 67.6 Å². The van der Waals surface area contributed by atoms with E-state index >= 15 is 0 Å². The molecule has 0 fully saturated rings. The molecule has 0 saturated heterocycles. The van der Waals surface area contributed by atoms with Crippen LogP contribution in [0.1, 0.15) is 19.4 Å². The molecular weight excluding hydrogens is 358 g/mol. The van der Waals surface area contributed by atoms with Crippen molar-refractivity contribution in [2.24, 2.45) is 0 Å². The summed E-state index contributed by atoms with van der Waals surface area (Å²) < 4.78 is 6.05. The smallest absolute Gasteiger partial charge is 0.312 e. The van der Waals surface area contributed by atoms with E-state index in [2.05, 4.69) is 15.9 Å². The molecule has 0 unspecified atom stereocenters. The molecule has 0 radical (unpaired) electrons. The Kier molecular flexibility index (Phi) is 7.19. The normalized spacial score (nSPS) is 9.52. The topological polar surface area (TPSA) is 52.4 Å². The molecule has 112 valence electrons. The van der Waals surface area contributed by atoms with Crippen LogP contribution < -0.4 is 4.74 Å². The molecule has 0 spiro atoms. The van der Waals surface area contributed by atoms with E-state index in [1.54, 1.807) is 0 Å². The van der Waals surface area contributed by atoms with Crippen molar-refractivity contribution in [1.29, 1.82) is 0 Å². The van der Waals surface area contributed by atoms with Crippen molar-refractivity contribution in [2.45, 2.75) is 20.5 Å². The maximum Gasteiger partial charge on any atom is 0.312 e. The van der Waals surface area contributed by atoms with Crippen molar-refractivity contribution in [1.82, 2.24) is 0 Å². The van der Waals surface area contributed by atoms with Gasteiger partial charge in [0.15, 0.2) is 5.75 Å². The van der Waals surface area contributed by atoms with Gasteiger partial charge in [-0.2, -0.15) is 0 Å². The number of nitro benzene ring substituents is 1. The van der Waals surface area contributed by atoms with E-state index in [0.29, 0.717) is 4.47 Å². The molecule has 0 aliphatic heterocycles. The Morgan fingerprint density at radius 2 is 1.86 bits per heavy atom. The first-order chi connectivity index (χ1) is 10.1. The number of hydrogen-bond acceptors (Lipinski definition) is 3. The van der Waals surface area contributed by atoms with Crippen molar-refractivity contribution in [2.75, 3.05) is 0 Å². The molecule has 4 nitrogen and oxygen atoms in total. The van der Waals surface area contributed by atoms with E-state index in [-0.39, 0.29) is 23.1 Å². The highest BCUT2D eigenvalue weighted by Crippen LogP contribution is 2.36. The molecular formula is C15H15BrClNO3. The van der Waals surface area contributed by atoms with E-state index in [9.17, 15) is 10.1 Å². The summed E-state index contributed by atoms with van der Waals surface area (Å²) in [6.45, 7) is 4.26. The monoisotopic (exact) mass is 371 g/mol. The van der Waals surface area contributed by atoms with Gasteiger partial charge < -0.3 is 4.74 Å². The van der Waals surface area contributed by atoms with Crippen LogP contribution in [0.25, 0.3) is 0 Å². The molecule has 2 aromatic carbocycles. The van der Waals surface area contributed by atoms with E-state index in [4.69, 9.17) is 16.3 Å². The van der Waals surface area contributed by atoms with Gasteiger partial charge in [-0.3, -0.25) is 10.1 Å². The number of nitrogens with zero attached hydrogens (tertiary/aromatic N) is 1. The van der Waals surface area contributed by atoms with Crippen LogP contribution in [0, 0.1) is 10.1 Å². The molecule has 21 heavy (non-hydrogen) atoms. The van der Waals surface area contributed by atoms with Crippen LogP contribution in [0.5, 0.6) is 5.75 Å². The van der Waals surface area contributed by atoms with Crippen LogP contribution in [0.4, 0.5) is 5.69 Å². The van der Waals surface area contributed by atoms with Gasteiger partial charge in [-0.05, 0) is 21.5 Å². The summed E-state index contributed by atoms with van der Waals surface area (Å²) in [4.78, 5) is 10.4. The highest BCUT2D eigenvalue weighted by atomic mass is 79.9. The van der Waals surface area contributed by atoms with Gasteiger partial charge in [-0.15, -0.1) is 0 Å². The average molecular weight is 373 g/mol. The second kappa shape index (κ2) is 8.64. The predicted molar refractivity (Wildman–Crippen MR) is 87.9 cm³/mol. The van der Waals surface area contributed by atoms with Crippen molar-refractivity contribution < 1.29 is 9.66 Å². The van der Waals surface area contributed by atoms with Crippen LogP contribution in [0.3, 0.4) is 0 Å². The van der Waals surface area contributed by atoms with Crippen LogP contribution in [0.15, 0.2) is 46.9 Å². The van der Waals surface area contributed by atoms with Gasteiger partial charge in [0.1, 0.15) is 6.61 Å². The third-order valence-electron chi connectivity index (χ3n) is 2.44. The molecule has 2 aromatic rings. The fraction of sp³-hybridized carbons (Fsp3) is 0.200. The first-order valence-corrected chi connectivity index (χ1v) is 7.55. The fourth-order valence-corrected chi connectivity index (χ4v) is 1.99. The summed E-state index contributed by atoms with van der Waals surface area (Å²) in [5.74, 6) is 0.185. The maximum atomic E-state index is 10.9. The van der Waals surface area contributed by atoms with E-state index in [1.807, 2.05) is 44.2 Å². The second-order valence-electron chi connectivity index (χ2n) is 3.77. The van der Waals surface area contributed by atoms with Gasteiger partial charge in [0.2, 0.25) is 0 Å². The molecule has 0 N–H and O–H groups in total. The third kappa shape index (κ3) is 5.02. The number of benzene rings is 2. The summed E-state index contributed by atoms with van der Waals surface area (Å²) in [6, 6.07) is 12.2. The summed E-state index contributed by atoms with van der Waals surface area (Å²) in [5, 5.41) is 11.2. The maximum absolute atomic E-state index is 10.9. The summed E-state index contributed by atoms with van der Waals surface area (Å²) in [5.41, 5.74) is 0.784. The lowest BCUT2D eigenvalue weighted by molar-refractivity contribution is -0.385. The highest BCUT2D eigenvalue weighted by Gasteiger charge is 2.18. The number of ether oxygens (including phenoxy) is 1. The number of hydrogen-bond donors (Lipinski definition) is 0. The predicted octanol–water partition coefficient (Wildman–Crippen LogP) is 5.62. The minimum absolute atomic E-state index is 0.149. The average Bonchev–Trinajstić information content (AvgIpc) is 2.51. The lowest BCUT2D eigenvalue weighted by atomic mass is 10.2. The Balaban J connectivity index is 0.00000106. The fourth-order valence-electron chi connectivity index (χ4n) is 1.51. The van der Waals surface area contributed by atoms with E-state index < -0.39 is 4.92 Å². The standard InChI is InChI=1S/C13H9BrClNO3.C2H6/c14-10-6-13(12(16(17)18)7-11(10)15)19-8-9-4-2-1-3-5-9;1-2/h1-7H,8H2;1-2H3. The first-order valence-electron chi connectivity index (χ1n) is 6.38. The molecule has 0 aliphatic carbocycles. The molecule has 0 heterocycles. The molecule has 0 bridgehead atoms. The van der Waals surface area contributed by atoms with Gasteiger partial charge in [-0.1, -0.05) is 55.8 Å². The lowest BCUT2D eigenvalue weighted by Gasteiger charge is -2.08.